The van der Waals surface area contributed by atoms with Gasteiger partial charge in [-0.1, -0.05) is 30.3 Å². The topological polar surface area (TPSA) is 92.8 Å². The van der Waals surface area contributed by atoms with E-state index in [1.165, 1.54) is 40.5 Å². The maximum Gasteiger partial charge on any atom is 0.338 e. The Morgan fingerprint density at radius 2 is 1.68 bits per heavy atom. The first-order valence-corrected chi connectivity index (χ1v) is 11.5. The summed E-state index contributed by atoms with van der Waals surface area (Å²) < 4.78 is 18.5. The van der Waals surface area contributed by atoms with Crippen molar-refractivity contribution in [3.63, 3.8) is 0 Å². The van der Waals surface area contributed by atoms with Crippen LogP contribution >= 0.6 is 11.3 Å². The molecular weight excluding hydrogens is 459 g/mol. The van der Waals surface area contributed by atoms with E-state index in [0.29, 0.717) is 11.1 Å². The standard InChI is InChI=1S/C25H21FN2O5S/c26-19-9-7-17(8-10-19)24(20-2-1-13-34-20)27-21(29)15-33-25(32)18-5-3-16(4-6-18)14-28-22(30)11-12-23(28)31/h1-10,13,24H,11-12,14-15H2,(H,27,29). The summed E-state index contributed by atoms with van der Waals surface area (Å²) in [6.45, 7) is -0.330. The highest BCUT2D eigenvalue weighted by atomic mass is 32.1. The molecule has 34 heavy (non-hydrogen) atoms. The minimum absolute atomic E-state index is 0.156. The van der Waals surface area contributed by atoms with Gasteiger partial charge in [-0.2, -0.15) is 0 Å². The Kier molecular flexibility index (Phi) is 7.12. The number of rotatable bonds is 8. The number of hydrogen-bond acceptors (Lipinski definition) is 6. The lowest BCUT2D eigenvalue weighted by Gasteiger charge is -2.18. The minimum atomic E-state index is -0.676. The van der Waals surface area contributed by atoms with Gasteiger partial charge in [-0.15, -0.1) is 11.3 Å². The van der Waals surface area contributed by atoms with Crippen molar-refractivity contribution in [3.05, 3.63) is 93.4 Å². The van der Waals surface area contributed by atoms with Gasteiger partial charge in [0.15, 0.2) is 6.61 Å². The van der Waals surface area contributed by atoms with Gasteiger partial charge in [0.05, 0.1) is 18.2 Å². The van der Waals surface area contributed by atoms with E-state index in [0.717, 1.165) is 4.88 Å². The molecule has 2 aromatic carbocycles. The molecule has 0 aliphatic carbocycles. The van der Waals surface area contributed by atoms with Crippen molar-refractivity contribution in [2.75, 3.05) is 6.61 Å². The van der Waals surface area contributed by atoms with Gasteiger partial charge in [0.2, 0.25) is 11.8 Å². The minimum Gasteiger partial charge on any atom is -0.452 e. The predicted octanol–water partition coefficient (Wildman–Crippen LogP) is 3.60. The van der Waals surface area contributed by atoms with E-state index in [9.17, 15) is 23.6 Å². The Bertz CT molecular complexity index is 1180. The van der Waals surface area contributed by atoms with Crippen molar-refractivity contribution >= 4 is 35.0 Å². The van der Waals surface area contributed by atoms with Crippen molar-refractivity contribution in [2.45, 2.75) is 25.4 Å². The van der Waals surface area contributed by atoms with E-state index in [2.05, 4.69) is 5.32 Å². The smallest absolute Gasteiger partial charge is 0.338 e. The number of ether oxygens (including phenoxy) is 1. The molecule has 1 fully saturated rings. The van der Waals surface area contributed by atoms with Crippen LogP contribution in [0.4, 0.5) is 4.39 Å². The lowest BCUT2D eigenvalue weighted by molar-refractivity contribution is -0.139. The molecule has 1 aliphatic rings. The van der Waals surface area contributed by atoms with Gasteiger partial charge in [0, 0.05) is 17.7 Å². The largest absolute Gasteiger partial charge is 0.452 e. The van der Waals surface area contributed by atoms with E-state index < -0.39 is 24.5 Å². The van der Waals surface area contributed by atoms with Crippen LogP contribution < -0.4 is 5.32 Å². The number of esters is 1. The van der Waals surface area contributed by atoms with Gasteiger partial charge in [-0.05, 0) is 46.8 Å². The summed E-state index contributed by atoms with van der Waals surface area (Å²) in [7, 11) is 0. The molecule has 1 saturated heterocycles. The lowest BCUT2D eigenvalue weighted by Crippen LogP contribution is -2.32. The van der Waals surface area contributed by atoms with Crippen molar-refractivity contribution < 1.29 is 28.3 Å². The third-order valence-electron chi connectivity index (χ3n) is 5.36. The summed E-state index contributed by atoms with van der Waals surface area (Å²) >= 11 is 1.44. The molecule has 1 aromatic heterocycles. The first-order valence-electron chi connectivity index (χ1n) is 10.6. The van der Waals surface area contributed by atoms with Crippen LogP contribution in [0.3, 0.4) is 0 Å². The molecule has 0 spiro atoms. The van der Waals surface area contributed by atoms with E-state index in [1.807, 2.05) is 17.5 Å². The Morgan fingerprint density at radius 1 is 1.00 bits per heavy atom. The molecule has 1 unspecified atom stereocenters. The van der Waals surface area contributed by atoms with Crippen LogP contribution in [0.1, 0.15) is 45.2 Å². The number of carbonyl (C=O) groups excluding carboxylic acids is 4. The summed E-state index contributed by atoms with van der Waals surface area (Å²) in [5, 5.41) is 4.69. The van der Waals surface area contributed by atoms with E-state index in [4.69, 9.17) is 4.74 Å². The van der Waals surface area contributed by atoms with Crippen LogP contribution in [-0.2, 0) is 25.7 Å². The van der Waals surface area contributed by atoms with Crippen molar-refractivity contribution in [3.8, 4) is 0 Å². The first-order chi connectivity index (χ1) is 16.4. The molecule has 0 radical (unpaired) electrons. The van der Waals surface area contributed by atoms with E-state index in [-0.39, 0.29) is 42.6 Å². The Labute approximate surface area is 199 Å². The van der Waals surface area contributed by atoms with Crippen LogP contribution in [0.15, 0.2) is 66.0 Å². The fraction of sp³-hybridized carbons (Fsp3) is 0.200. The zero-order valence-corrected chi connectivity index (χ0v) is 18.8. The number of nitrogens with zero attached hydrogens (tertiary/aromatic N) is 1. The second-order valence-corrected chi connectivity index (χ2v) is 8.69. The summed E-state index contributed by atoms with van der Waals surface area (Å²) in [6.07, 6.45) is 0.444. The zero-order valence-electron chi connectivity index (χ0n) is 18.0. The van der Waals surface area contributed by atoms with Gasteiger partial charge in [-0.25, -0.2) is 9.18 Å². The molecule has 1 atom stereocenters. The normalized spacial score (nSPS) is 14.2. The summed E-state index contributed by atoms with van der Waals surface area (Å²) in [6, 6.07) is 15.4. The Morgan fingerprint density at radius 3 is 2.29 bits per heavy atom. The van der Waals surface area contributed by atoms with Gasteiger partial charge in [-0.3, -0.25) is 19.3 Å². The quantitative estimate of drug-likeness (QED) is 0.393. The molecule has 4 rings (SSSR count). The molecular formula is C25H21FN2O5S. The van der Waals surface area contributed by atoms with Crippen LogP contribution in [0.5, 0.6) is 0 Å². The average Bonchev–Trinajstić information content (AvgIpc) is 3.48. The highest BCUT2D eigenvalue weighted by Gasteiger charge is 2.28. The van der Waals surface area contributed by atoms with Crippen molar-refractivity contribution in [1.29, 1.82) is 0 Å². The van der Waals surface area contributed by atoms with Gasteiger partial charge in [0.25, 0.3) is 5.91 Å². The molecule has 3 amide bonds. The van der Waals surface area contributed by atoms with Gasteiger partial charge >= 0.3 is 5.97 Å². The van der Waals surface area contributed by atoms with E-state index >= 15 is 0 Å². The lowest BCUT2D eigenvalue weighted by atomic mass is 10.1. The highest BCUT2D eigenvalue weighted by molar-refractivity contribution is 7.10. The van der Waals surface area contributed by atoms with Gasteiger partial charge in [0.1, 0.15) is 5.82 Å². The second kappa shape index (κ2) is 10.4. The second-order valence-electron chi connectivity index (χ2n) is 7.71. The maximum atomic E-state index is 13.3. The first kappa shape index (κ1) is 23.3. The molecule has 174 valence electrons. The number of nitrogens with one attached hydrogen (secondary N) is 1. The molecule has 0 bridgehead atoms. The van der Waals surface area contributed by atoms with Crippen LogP contribution in [0.2, 0.25) is 0 Å². The fourth-order valence-electron chi connectivity index (χ4n) is 3.57. The number of thiophene rings is 1. The number of hydrogen-bond donors (Lipinski definition) is 1. The molecule has 1 N–H and O–H groups in total. The third kappa shape index (κ3) is 5.55. The van der Waals surface area contributed by atoms with E-state index in [1.54, 1.807) is 24.3 Å². The predicted molar refractivity (Wildman–Crippen MR) is 122 cm³/mol. The number of halogens is 1. The average molecular weight is 481 g/mol. The number of carbonyl (C=O) groups is 4. The fourth-order valence-corrected chi connectivity index (χ4v) is 4.38. The molecule has 0 saturated carbocycles. The summed E-state index contributed by atoms with van der Waals surface area (Å²) in [5.74, 6) is -1.97. The SMILES string of the molecule is O=C(COC(=O)c1ccc(CN2C(=O)CCC2=O)cc1)NC(c1ccc(F)cc1)c1cccs1. The number of benzene rings is 2. The number of likely N-dealkylation sites (tertiary alicyclic amines) is 1. The Balaban J connectivity index is 1.33. The van der Waals surface area contributed by atoms with Crippen molar-refractivity contribution in [1.82, 2.24) is 10.2 Å². The molecule has 1 aliphatic heterocycles. The third-order valence-corrected chi connectivity index (χ3v) is 6.29. The van der Waals surface area contributed by atoms with Crippen LogP contribution in [0, 0.1) is 5.82 Å². The maximum absolute atomic E-state index is 13.3. The molecule has 3 aromatic rings. The zero-order chi connectivity index (χ0) is 24.1. The van der Waals surface area contributed by atoms with Crippen LogP contribution in [-0.4, -0.2) is 35.2 Å². The van der Waals surface area contributed by atoms with Crippen molar-refractivity contribution in [2.24, 2.45) is 0 Å². The molecule has 2 heterocycles. The Hall–Kier alpha value is -3.85. The number of amides is 3. The summed E-state index contributed by atoms with van der Waals surface area (Å²) in [4.78, 5) is 50.4. The highest BCUT2D eigenvalue weighted by Crippen LogP contribution is 2.26. The molecule has 9 heteroatoms. The number of imide groups is 1. The van der Waals surface area contributed by atoms with Crippen LogP contribution in [0.25, 0.3) is 0 Å². The van der Waals surface area contributed by atoms with Gasteiger partial charge < -0.3 is 10.1 Å². The monoisotopic (exact) mass is 480 g/mol. The molecule has 7 nitrogen and oxygen atoms in total. The summed E-state index contributed by atoms with van der Waals surface area (Å²) in [5.41, 5.74) is 1.65.